The molecular weight excluding hydrogens is 388 g/mol. The second kappa shape index (κ2) is 9.69. The molecule has 0 saturated heterocycles. The van der Waals surface area contributed by atoms with Crippen LogP contribution in [0.2, 0.25) is 0 Å². The molecule has 0 aromatic heterocycles. The summed E-state index contributed by atoms with van der Waals surface area (Å²) in [6, 6.07) is 8.82. The van der Waals surface area contributed by atoms with Crippen molar-refractivity contribution in [2.75, 3.05) is 0 Å². The summed E-state index contributed by atoms with van der Waals surface area (Å²) in [5.74, 6) is -3.75. The van der Waals surface area contributed by atoms with Crippen LogP contribution in [0.1, 0.15) is 72.3 Å². The largest absolute Gasteiger partial charge is 0.478 e. The fourth-order valence-electron chi connectivity index (χ4n) is 3.01. The molecule has 0 saturated carbocycles. The number of hydrogen-bond acceptors (Lipinski definition) is 4. The van der Waals surface area contributed by atoms with Gasteiger partial charge < -0.3 is 20.8 Å². The highest BCUT2D eigenvalue weighted by Crippen LogP contribution is 2.14. The normalized spacial score (nSPS) is 10.5. The Morgan fingerprint density at radius 3 is 1.50 bits per heavy atom. The lowest BCUT2D eigenvalue weighted by atomic mass is 10.0. The molecule has 0 unspecified atom stereocenters. The number of nitrogens with one attached hydrogen (secondary N) is 2. The Balaban J connectivity index is 2.28. The van der Waals surface area contributed by atoms with E-state index in [9.17, 15) is 29.4 Å². The summed E-state index contributed by atoms with van der Waals surface area (Å²) in [5.41, 5.74) is 1.11. The van der Waals surface area contributed by atoms with E-state index in [4.69, 9.17) is 0 Å². The molecule has 8 heteroatoms. The molecule has 2 rings (SSSR count). The summed E-state index contributed by atoms with van der Waals surface area (Å²) in [6.45, 7) is 5.33. The molecule has 4 N–H and O–H groups in total. The number of rotatable bonds is 8. The Hall–Kier alpha value is -3.68. The van der Waals surface area contributed by atoms with Crippen LogP contribution in [0.4, 0.5) is 0 Å². The smallest absolute Gasteiger partial charge is 0.336 e. The average molecular weight is 412 g/mol. The van der Waals surface area contributed by atoms with Crippen molar-refractivity contribution >= 4 is 23.8 Å². The first kappa shape index (κ1) is 22.6. The number of benzene rings is 2. The van der Waals surface area contributed by atoms with Crippen LogP contribution < -0.4 is 10.6 Å². The van der Waals surface area contributed by atoms with Gasteiger partial charge in [0.2, 0.25) is 0 Å². The third-order valence-electron chi connectivity index (χ3n) is 4.49. The van der Waals surface area contributed by atoms with Crippen molar-refractivity contribution in [3.8, 4) is 0 Å². The molecule has 0 radical (unpaired) electrons. The van der Waals surface area contributed by atoms with Crippen molar-refractivity contribution < 1.29 is 29.4 Å². The number of carboxylic acids is 2. The molecule has 2 aromatic rings. The lowest BCUT2D eigenvalue weighted by Gasteiger charge is -2.21. The van der Waals surface area contributed by atoms with Crippen LogP contribution in [-0.4, -0.2) is 40.1 Å². The second-order valence-electron chi connectivity index (χ2n) is 7.00. The molecule has 0 heterocycles. The van der Waals surface area contributed by atoms with E-state index in [-0.39, 0.29) is 22.3 Å². The van der Waals surface area contributed by atoms with Gasteiger partial charge in [0.15, 0.2) is 0 Å². The molecule has 2 aromatic carbocycles. The second-order valence-corrected chi connectivity index (χ2v) is 7.00. The van der Waals surface area contributed by atoms with Crippen LogP contribution >= 0.6 is 0 Å². The van der Waals surface area contributed by atoms with Gasteiger partial charge in [-0.25, -0.2) is 9.59 Å². The van der Waals surface area contributed by atoms with Gasteiger partial charge in [0, 0.05) is 0 Å². The minimum atomic E-state index is -1.23. The third-order valence-corrected chi connectivity index (χ3v) is 4.49. The summed E-state index contributed by atoms with van der Waals surface area (Å²) < 4.78 is 0. The number of carboxylic acid groups (broad SMARTS) is 2. The highest BCUT2D eigenvalue weighted by atomic mass is 16.4. The maximum Gasteiger partial charge on any atom is 0.336 e. The fraction of sp³-hybridized carbons (Fsp3) is 0.273. The van der Waals surface area contributed by atoms with Gasteiger partial charge in [-0.3, -0.25) is 9.59 Å². The van der Waals surface area contributed by atoms with Crippen LogP contribution in [0, 0.1) is 13.8 Å². The topological polar surface area (TPSA) is 133 Å². The molecule has 2 amide bonds. The Kier molecular flexibility index (Phi) is 7.30. The Morgan fingerprint density at radius 1 is 0.767 bits per heavy atom. The van der Waals surface area contributed by atoms with Crippen LogP contribution in [-0.2, 0) is 0 Å². The van der Waals surface area contributed by atoms with Gasteiger partial charge in [-0.2, -0.15) is 0 Å². The maximum atomic E-state index is 12.7. The van der Waals surface area contributed by atoms with Gasteiger partial charge in [0.25, 0.3) is 11.8 Å². The lowest BCUT2D eigenvalue weighted by molar-refractivity contribution is 0.0683. The molecule has 8 nitrogen and oxygen atoms in total. The zero-order valence-electron chi connectivity index (χ0n) is 17.0. The Bertz CT molecular complexity index is 922. The predicted octanol–water partition coefficient (Wildman–Crippen LogP) is 2.99. The van der Waals surface area contributed by atoms with Gasteiger partial charge in [-0.1, -0.05) is 36.6 Å². The van der Waals surface area contributed by atoms with Crippen LogP contribution in [0.5, 0.6) is 0 Å². The monoisotopic (exact) mass is 412 g/mol. The summed E-state index contributed by atoms with van der Waals surface area (Å²) >= 11 is 0. The quantitative estimate of drug-likeness (QED) is 0.493. The summed E-state index contributed by atoms with van der Waals surface area (Å²) in [5, 5.41) is 24.0. The fourth-order valence-corrected chi connectivity index (χ4v) is 3.01. The maximum absolute atomic E-state index is 12.7. The standard InChI is InChI=1S/C22H24N2O6/c1-4-5-18(23-19(25)16-10-12(2)6-8-14(16)21(27)28)24-20(26)17-11-13(3)7-9-15(17)22(29)30/h6-11,18H,4-5H2,1-3H3,(H,23,25)(H,24,26)(H,27,28)(H,29,30). The van der Waals surface area contributed by atoms with Crippen LogP contribution in [0.25, 0.3) is 0 Å². The molecule has 0 aliphatic carbocycles. The number of hydrogen-bond donors (Lipinski definition) is 4. The molecule has 30 heavy (non-hydrogen) atoms. The number of aryl methyl sites for hydroxylation is 2. The highest BCUT2D eigenvalue weighted by molar-refractivity contribution is 6.06. The van der Waals surface area contributed by atoms with Crippen molar-refractivity contribution in [2.24, 2.45) is 0 Å². The van der Waals surface area contributed by atoms with Crippen molar-refractivity contribution in [3.63, 3.8) is 0 Å². The van der Waals surface area contributed by atoms with Crippen molar-refractivity contribution in [2.45, 2.75) is 39.8 Å². The number of aromatic carboxylic acids is 2. The molecule has 0 spiro atoms. The van der Waals surface area contributed by atoms with Gasteiger partial charge in [-0.05, 0) is 44.5 Å². The van der Waals surface area contributed by atoms with E-state index < -0.39 is 29.9 Å². The summed E-state index contributed by atoms with van der Waals surface area (Å²) in [4.78, 5) is 48.3. The van der Waals surface area contributed by atoms with Crippen molar-refractivity contribution in [1.29, 1.82) is 0 Å². The lowest BCUT2D eigenvalue weighted by Crippen LogP contribution is -2.48. The molecule has 0 aliphatic heterocycles. The first-order valence-corrected chi connectivity index (χ1v) is 9.43. The van der Waals surface area contributed by atoms with E-state index in [1.165, 1.54) is 24.3 Å². The van der Waals surface area contributed by atoms with Crippen LogP contribution in [0.3, 0.4) is 0 Å². The van der Waals surface area contributed by atoms with Crippen molar-refractivity contribution in [3.05, 3.63) is 69.8 Å². The zero-order valence-corrected chi connectivity index (χ0v) is 17.0. The molecular formula is C22H24N2O6. The molecule has 0 fully saturated rings. The molecule has 0 aliphatic rings. The average Bonchev–Trinajstić information content (AvgIpc) is 2.67. The van der Waals surface area contributed by atoms with E-state index in [1.807, 2.05) is 6.92 Å². The van der Waals surface area contributed by atoms with Crippen molar-refractivity contribution in [1.82, 2.24) is 10.6 Å². The Morgan fingerprint density at radius 2 is 1.17 bits per heavy atom. The van der Waals surface area contributed by atoms with Gasteiger partial charge >= 0.3 is 11.9 Å². The SMILES string of the molecule is CCCC(NC(=O)c1cc(C)ccc1C(=O)O)NC(=O)c1cc(C)ccc1C(=O)O. The van der Waals surface area contributed by atoms with E-state index in [2.05, 4.69) is 10.6 Å². The van der Waals surface area contributed by atoms with Gasteiger partial charge in [0.1, 0.15) is 6.17 Å². The molecule has 0 atom stereocenters. The predicted molar refractivity (Wildman–Crippen MR) is 110 cm³/mol. The van der Waals surface area contributed by atoms with E-state index in [1.54, 1.807) is 26.0 Å². The first-order chi connectivity index (χ1) is 14.1. The minimum absolute atomic E-state index is 0.0142. The number of carbonyl (C=O) groups is 4. The number of amides is 2. The third kappa shape index (κ3) is 5.44. The minimum Gasteiger partial charge on any atom is -0.478 e. The molecule has 0 bridgehead atoms. The van der Waals surface area contributed by atoms with Crippen LogP contribution in [0.15, 0.2) is 36.4 Å². The zero-order chi connectivity index (χ0) is 22.4. The first-order valence-electron chi connectivity index (χ1n) is 9.43. The van der Waals surface area contributed by atoms with E-state index in [0.717, 1.165) is 0 Å². The Labute approximate surface area is 173 Å². The van der Waals surface area contributed by atoms with Gasteiger partial charge in [0.05, 0.1) is 22.3 Å². The van der Waals surface area contributed by atoms with E-state index >= 15 is 0 Å². The van der Waals surface area contributed by atoms with E-state index in [0.29, 0.717) is 24.0 Å². The molecule has 158 valence electrons. The highest BCUT2D eigenvalue weighted by Gasteiger charge is 2.23. The van der Waals surface area contributed by atoms with Gasteiger partial charge in [-0.15, -0.1) is 0 Å². The summed E-state index contributed by atoms with van der Waals surface area (Å²) in [6.07, 6.45) is 0.184. The number of carbonyl (C=O) groups excluding carboxylic acids is 2. The summed E-state index contributed by atoms with van der Waals surface area (Å²) in [7, 11) is 0.